The van der Waals surface area contributed by atoms with Gasteiger partial charge in [-0.1, -0.05) is 19.8 Å². The van der Waals surface area contributed by atoms with Crippen LogP contribution in [0.4, 0.5) is 0 Å². The standard InChI is InChI=1S/C13H20N2O2/c1-9(8-17-2)13-14-11(7-12(16)15-13)10-5-3-4-6-10/h7,9-10H,3-6,8H2,1-2H3,(H,14,15,16). The summed E-state index contributed by atoms with van der Waals surface area (Å²) in [5.74, 6) is 1.36. The Morgan fingerprint density at radius 1 is 1.53 bits per heavy atom. The number of methoxy groups -OCH3 is 1. The summed E-state index contributed by atoms with van der Waals surface area (Å²) in [7, 11) is 1.66. The molecule has 1 aromatic heterocycles. The first-order chi connectivity index (χ1) is 8.20. The van der Waals surface area contributed by atoms with Crippen molar-refractivity contribution < 1.29 is 4.74 Å². The number of hydrogen-bond donors (Lipinski definition) is 1. The second-order valence-corrected chi connectivity index (χ2v) is 4.89. The van der Waals surface area contributed by atoms with Gasteiger partial charge in [-0.2, -0.15) is 0 Å². The number of nitrogens with zero attached hydrogens (tertiary/aromatic N) is 1. The highest BCUT2D eigenvalue weighted by Crippen LogP contribution is 2.32. The van der Waals surface area contributed by atoms with E-state index >= 15 is 0 Å². The van der Waals surface area contributed by atoms with Gasteiger partial charge in [-0.15, -0.1) is 0 Å². The van der Waals surface area contributed by atoms with E-state index in [4.69, 9.17) is 4.74 Å². The van der Waals surface area contributed by atoms with Gasteiger partial charge in [0, 0.05) is 25.0 Å². The first-order valence-corrected chi connectivity index (χ1v) is 6.31. The van der Waals surface area contributed by atoms with Crippen LogP contribution in [0.5, 0.6) is 0 Å². The molecule has 0 radical (unpaired) electrons. The summed E-state index contributed by atoms with van der Waals surface area (Å²) in [5.41, 5.74) is 0.920. The summed E-state index contributed by atoms with van der Waals surface area (Å²) in [6.07, 6.45) is 4.83. The molecule has 1 aromatic rings. The average molecular weight is 236 g/mol. The maximum absolute atomic E-state index is 11.6. The summed E-state index contributed by atoms with van der Waals surface area (Å²) in [5, 5.41) is 0. The van der Waals surface area contributed by atoms with Crippen LogP contribution in [-0.2, 0) is 4.74 Å². The SMILES string of the molecule is COCC(C)c1nc(C2CCCC2)cc(=O)[nH]1. The summed E-state index contributed by atoms with van der Waals surface area (Å²) >= 11 is 0. The van der Waals surface area contributed by atoms with Crippen LogP contribution in [0.3, 0.4) is 0 Å². The normalized spacial score (nSPS) is 18.5. The fourth-order valence-corrected chi connectivity index (χ4v) is 2.49. The van der Waals surface area contributed by atoms with Crippen molar-refractivity contribution in [2.75, 3.05) is 13.7 Å². The molecule has 1 atom stereocenters. The second-order valence-electron chi connectivity index (χ2n) is 4.89. The van der Waals surface area contributed by atoms with Crippen molar-refractivity contribution in [3.05, 3.63) is 27.9 Å². The Morgan fingerprint density at radius 3 is 2.88 bits per heavy atom. The van der Waals surface area contributed by atoms with E-state index in [1.165, 1.54) is 12.8 Å². The molecule has 1 unspecified atom stereocenters. The molecule has 0 spiro atoms. The molecular weight excluding hydrogens is 216 g/mol. The Hall–Kier alpha value is -1.16. The lowest BCUT2D eigenvalue weighted by Crippen LogP contribution is -2.17. The van der Waals surface area contributed by atoms with Crippen LogP contribution in [0.25, 0.3) is 0 Å². The van der Waals surface area contributed by atoms with Gasteiger partial charge in [-0.25, -0.2) is 4.98 Å². The first kappa shape index (κ1) is 12.3. The Morgan fingerprint density at radius 2 is 2.24 bits per heavy atom. The third-order valence-corrected chi connectivity index (χ3v) is 3.44. The van der Waals surface area contributed by atoms with Crippen molar-refractivity contribution >= 4 is 0 Å². The van der Waals surface area contributed by atoms with Gasteiger partial charge in [0.15, 0.2) is 0 Å². The molecule has 2 rings (SSSR count). The third kappa shape index (κ3) is 2.94. The molecule has 17 heavy (non-hydrogen) atoms. The Balaban J connectivity index is 2.25. The molecule has 0 aliphatic heterocycles. The summed E-state index contributed by atoms with van der Waals surface area (Å²) < 4.78 is 5.10. The maximum atomic E-state index is 11.6. The molecule has 1 aliphatic rings. The third-order valence-electron chi connectivity index (χ3n) is 3.44. The minimum atomic E-state index is -0.0418. The quantitative estimate of drug-likeness (QED) is 0.871. The predicted molar refractivity (Wildman–Crippen MR) is 66.4 cm³/mol. The van der Waals surface area contributed by atoms with E-state index in [2.05, 4.69) is 9.97 Å². The highest BCUT2D eigenvalue weighted by molar-refractivity contribution is 5.11. The number of hydrogen-bond acceptors (Lipinski definition) is 3. The fourth-order valence-electron chi connectivity index (χ4n) is 2.49. The van der Waals surface area contributed by atoms with Gasteiger partial charge in [0.05, 0.1) is 12.3 Å². The molecule has 0 bridgehead atoms. The average Bonchev–Trinajstić information content (AvgIpc) is 2.82. The number of aromatic amines is 1. The zero-order chi connectivity index (χ0) is 12.3. The Bertz CT molecular complexity index is 422. The first-order valence-electron chi connectivity index (χ1n) is 6.31. The van der Waals surface area contributed by atoms with Crippen molar-refractivity contribution in [3.8, 4) is 0 Å². The Labute approximate surface area is 101 Å². The van der Waals surface area contributed by atoms with Gasteiger partial charge < -0.3 is 9.72 Å². The lowest BCUT2D eigenvalue weighted by molar-refractivity contribution is 0.181. The minimum Gasteiger partial charge on any atom is -0.384 e. The molecule has 1 heterocycles. The van der Waals surface area contributed by atoms with Gasteiger partial charge in [0.1, 0.15) is 5.82 Å². The molecular formula is C13H20N2O2. The molecule has 1 N–H and O–H groups in total. The van der Waals surface area contributed by atoms with Gasteiger partial charge in [0.2, 0.25) is 0 Å². The molecule has 1 aliphatic carbocycles. The fraction of sp³-hybridized carbons (Fsp3) is 0.692. The van der Waals surface area contributed by atoms with Crippen LogP contribution in [-0.4, -0.2) is 23.7 Å². The topological polar surface area (TPSA) is 55.0 Å². The second kappa shape index (κ2) is 5.45. The van der Waals surface area contributed by atoms with Crippen LogP contribution in [0.2, 0.25) is 0 Å². The van der Waals surface area contributed by atoms with Crippen molar-refractivity contribution in [1.29, 1.82) is 0 Å². The van der Waals surface area contributed by atoms with Crippen molar-refractivity contribution in [2.45, 2.75) is 44.4 Å². The lowest BCUT2D eigenvalue weighted by atomic mass is 10.0. The summed E-state index contributed by atoms with van der Waals surface area (Å²) in [6, 6.07) is 1.65. The highest BCUT2D eigenvalue weighted by Gasteiger charge is 2.20. The van der Waals surface area contributed by atoms with E-state index in [-0.39, 0.29) is 11.5 Å². The number of rotatable bonds is 4. The molecule has 1 saturated carbocycles. The Kier molecular flexibility index (Phi) is 3.94. The van der Waals surface area contributed by atoms with E-state index in [0.717, 1.165) is 24.4 Å². The molecule has 0 amide bonds. The van der Waals surface area contributed by atoms with Gasteiger partial charge in [-0.3, -0.25) is 4.79 Å². The van der Waals surface area contributed by atoms with Crippen molar-refractivity contribution in [3.63, 3.8) is 0 Å². The monoisotopic (exact) mass is 236 g/mol. The van der Waals surface area contributed by atoms with Gasteiger partial charge in [-0.05, 0) is 12.8 Å². The maximum Gasteiger partial charge on any atom is 0.251 e. The van der Waals surface area contributed by atoms with E-state index in [1.54, 1.807) is 13.2 Å². The molecule has 4 heteroatoms. The van der Waals surface area contributed by atoms with Crippen LogP contribution >= 0.6 is 0 Å². The van der Waals surface area contributed by atoms with Crippen molar-refractivity contribution in [1.82, 2.24) is 9.97 Å². The van der Waals surface area contributed by atoms with E-state index in [0.29, 0.717) is 12.5 Å². The highest BCUT2D eigenvalue weighted by atomic mass is 16.5. The van der Waals surface area contributed by atoms with Crippen molar-refractivity contribution in [2.24, 2.45) is 0 Å². The molecule has 94 valence electrons. The van der Waals surface area contributed by atoms with Gasteiger partial charge in [0.25, 0.3) is 5.56 Å². The molecule has 0 saturated heterocycles. The smallest absolute Gasteiger partial charge is 0.251 e. The number of ether oxygens (including phenoxy) is 1. The zero-order valence-corrected chi connectivity index (χ0v) is 10.5. The van der Waals surface area contributed by atoms with Gasteiger partial charge >= 0.3 is 0 Å². The van der Waals surface area contributed by atoms with Crippen LogP contribution in [0.15, 0.2) is 10.9 Å². The van der Waals surface area contributed by atoms with Crippen LogP contribution in [0.1, 0.15) is 56.0 Å². The number of aromatic nitrogens is 2. The minimum absolute atomic E-state index is 0.0418. The molecule has 0 aromatic carbocycles. The summed E-state index contributed by atoms with van der Waals surface area (Å²) in [4.78, 5) is 19.0. The zero-order valence-electron chi connectivity index (χ0n) is 10.5. The lowest BCUT2D eigenvalue weighted by Gasteiger charge is -2.13. The van der Waals surface area contributed by atoms with E-state index in [1.807, 2.05) is 6.92 Å². The van der Waals surface area contributed by atoms with E-state index < -0.39 is 0 Å². The van der Waals surface area contributed by atoms with Crippen LogP contribution < -0.4 is 5.56 Å². The summed E-state index contributed by atoms with van der Waals surface area (Å²) in [6.45, 7) is 2.59. The molecule has 4 nitrogen and oxygen atoms in total. The van der Waals surface area contributed by atoms with Crippen LogP contribution in [0, 0.1) is 0 Å². The molecule has 1 fully saturated rings. The predicted octanol–water partition coefficient (Wildman–Crippen LogP) is 2.18. The largest absolute Gasteiger partial charge is 0.384 e. The van der Waals surface area contributed by atoms with E-state index in [9.17, 15) is 4.79 Å². The number of nitrogens with one attached hydrogen (secondary N) is 1. The number of H-pyrrole nitrogens is 1.